The number of aromatic amines is 1. The Bertz CT molecular complexity index is 1640. The lowest BCUT2D eigenvalue weighted by atomic mass is 9.96. The van der Waals surface area contributed by atoms with Crippen LogP contribution in [0, 0.1) is 17.0 Å². The molecule has 1 aliphatic heterocycles. The number of fused-ring (bicyclic) bond motifs is 1. The number of carbonyl (C=O) groups is 1. The third-order valence-corrected chi connectivity index (χ3v) is 5.87. The lowest BCUT2D eigenvalue weighted by Gasteiger charge is -2.25. The van der Waals surface area contributed by atoms with Gasteiger partial charge >= 0.3 is 5.69 Å². The molecular formula is C26H26F2N8O5. The van der Waals surface area contributed by atoms with Crippen molar-refractivity contribution < 1.29 is 28.2 Å². The van der Waals surface area contributed by atoms with Crippen molar-refractivity contribution in [3.05, 3.63) is 87.4 Å². The molecule has 15 heteroatoms. The Morgan fingerprint density at radius 2 is 2.00 bits per heavy atom. The predicted octanol–water partition coefficient (Wildman–Crippen LogP) is 2.54. The fourth-order valence-corrected chi connectivity index (χ4v) is 4.15. The van der Waals surface area contributed by atoms with Crippen molar-refractivity contribution in [3.63, 3.8) is 0 Å². The van der Waals surface area contributed by atoms with Crippen LogP contribution < -0.4 is 26.2 Å². The van der Waals surface area contributed by atoms with E-state index in [9.17, 15) is 9.18 Å². The van der Waals surface area contributed by atoms with Crippen LogP contribution in [0.25, 0.3) is 5.95 Å². The van der Waals surface area contributed by atoms with Crippen molar-refractivity contribution in [2.75, 3.05) is 19.0 Å². The van der Waals surface area contributed by atoms with Gasteiger partial charge in [-0.2, -0.15) is 0 Å². The Morgan fingerprint density at radius 1 is 1.29 bits per heavy atom. The van der Waals surface area contributed by atoms with Crippen LogP contribution >= 0.6 is 0 Å². The summed E-state index contributed by atoms with van der Waals surface area (Å²) in [5, 5.41) is 22.3. The van der Waals surface area contributed by atoms with Crippen LogP contribution in [0.5, 0.6) is 11.5 Å². The van der Waals surface area contributed by atoms with Crippen LogP contribution in [0.2, 0.25) is 0 Å². The summed E-state index contributed by atoms with van der Waals surface area (Å²) in [5.41, 5.74) is 5.34. The fourth-order valence-electron chi connectivity index (χ4n) is 4.15. The number of hydrogen-bond acceptors (Lipinski definition) is 9. The summed E-state index contributed by atoms with van der Waals surface area (Å²) in [7, 11) is 1.44. The zero-order valence-electron chi connectivity index (χ0n) is 21.9. The Morgan fingerprint density at radius 3 is 2.63 bits per heavy atom. The minimum absolute atomic E-state index is 0.0162. The summed E-state index contributed by atoms with van der Waals surface area (Å²) in [4.78, 5) is 32.4. The number of nitrogens with zero attached hydrogens (tertiary/aromatic N) is 4. The van der Waals surface area contributed by atoms with Gasteiger partial charge in [0.15, 0.2) is 17.3 Å². The number of hydrogen-bond donors (Lipinski definition) is 5. The van der Waals surface area contributed by atoms with Crippen LogP contribution in [-0.4, -0.2) is 55.4 Å². The normalized spacial score (nSPS) is 12.7. The molecule has 0 radical (unpaired) electrons. The maximum Gasteiger partial charge on any atom is 0.350 e. The Hall–Kier alpha value is -5.34. The van der Waals surface area contributed by atoms with Gasteiger partial charge in [0, 0.05) is 36.1 Å². The SMILES string of the molecule is CC(=O)O.COc1cc([C@H](Nc2ccc(C(=N)N)c(F)c2)c2nn(-c3ncccn3)c(=O)[nH]2)c(F)c2c1OCCC2. The van der Waals surface area contributed by atoms with Gasteiger partial charge in [0.25, 0.3) is 11.9 Å². The third-order valence-electron chi connectivity index (χ3n) is 5.87. The first-order valence-electron chi connectivity index (χ1n) is 12.2. The Kier molecular flexibility index (Phi) is 8.55. The highest BCUT2D eigenvalue weighted by Gasteiger charge is 2.30. The average molecular weight is 569 g/mol. The maximum absolute atomic E-state index is 15.9. The second-order valence-electron chi connectivity index (χ2n) is 8.72. The smallest absolute Gasteiger partial charge is 0.350 e. The number of aliphatic carboxylic acids is 1. The van der Waals surface area contributed by atoms with Gasteiger partial charge in [-0.3, -0.25) is 15.2 Å². The van der Waals surface area contributed by atoms with Gasteiger partial charge in [0.05, 0.1) is 19.3 Å². The van der Waals surface area contributed by atoms with Crippen molar-refractivity contribution in [1.29, 1.82) is 5.41 Å². The molecule has 0 fully saturated rings. The highest BCUT2D eigenvalue weighted by molar-refractivity contribution is 5.95. The number of halogens is 2. The molecule has 3 heterocycles. The molecule has 0 amide bonds. The number of nitrogens with two attached hydrogens (primary N) is 1. The molecule has 41 heavy (non-hydrogen) atoms. The molecule has 2 aromatic heterocycles. The van der Waals surface area contributed by atoms with Gasteiger partial charge in [0.2, 0.25) is 0 Å². The fraction of sp³-hybridized carbons (Fsp3) is 0.231. The van der Waals surface area contributed by atoms with Crippen molar-refractivity contribution in [2.45, 2.75) is 25.8 Å². The number of amidine groups is 1. The van der Waals surface area contributed by atoms with Gasteiger partial charge in [-0.15, -0.1) is 9.78 Å². The van der Waals surface area contributed by atoms with Crippen LogP contribution in [0.15, 0.2) is 47.5 Å². The van der Waals surface area contributed by atoms with Crippen LogP contribution in [-0.2, 0) is 11.2 Å². The number of aromatic nitrogens is 5. The number of nitrogen functional groups attached to an aromatic ring is 1. The van der Waals surface area contributed by atoms with Gasteiger partial charge < -0.3 is 25.6 Å². The first kappa shape index (κ1) is 28.7. The number of benzene rings is 2. The summed E-state index contributed by atoms with van der Waals surface area (Å²) in [5.74, 6) is -1.91. The highest BCUT2D eigenvalue weighted by atomic mass is 19.1. The topological polar surface area (TPSA) is 194 Å². The standard InChI is InChI=1S/C24H22F2N8O3.C2H4O2/c1-36-17-11-15(18(26)14-4-2-9-37-20(14)17)19(31-12-5-6-13(21(27)28)16(25)10-12)22-32-24(35)34(33-22)23-29-7-3-8-30-23;1-2(3)4/h3,5-8,10-11,19,31H,2,4,9H2,1H3,(H3,27,28)(H,32,33,35);1H3,(H,3,4)/t19-;/m0./s1. The molecule has 4 aromatic rings. The summed E-state index contributed by atoms with van der Waals surface area (Å²) in [6.45, 7) is 1.51. The van der Waals surface area contributed by atoms with Crippen molar-refractivity contribution in [3.8, 4) is 17.4 Å². The number of carboxylic acid groups (broad SMARTS) is 1. The molecule has 214 valence electrons. The molecule has 0 aliphatic carbocycles. The number of nitrogens with one attached hydrogen (secondary N) is 3. The number of ether oxygens (including phenoxy) is 2. The van der Waals surface area contributed by atoms with E-state index < -0.39 is 35.2 Å². The minimum Gasteiger partial charge on any atom is -0.493 e. The lowest BCUT2D eigenvalue weighted by molar-refractivity contribution is -0.134. The molecule has 0 saturated heterocycles. The monoisotopic (exact) mass is 568 g/mol. The van der Waals surface area contributed by atoms with E-state index in [4.69, 9.17) is 30.5 Å². The molecule has 1 atom stereocenters. The Labute approximate surface area is 231 Å². The molecule has 1 aliphatic rings. The van der Waals surface area contributed by atoms with E-state index >= 15 is 4.39 Å². The molecule has 6 N–H and O–H groups in total. The first-order chi connectivity index (χ1) is 19.6. The van der Waals surface area contributed by atoms with Crippen LogP contribution in [0.1, 0.15) is 41.9 Å². The van der Waals surface area contributed by atoms with Crippen LogP contribution in [0.3, 0.4) is 0 Å². The van der Waals surface area contributed by atoms with Crippen molar-refractivity contribution in [2.24, 2.45) is 5.73 Å². The highest BCUT2D eigenvalue weighted by Crippen LogP contribution is 2.41. The van der Waals surface area contributed by atoms with Gasteiger partial charge in [-0.1, -0.05) is 0 Å². The number of rotatable bonds is 7. The summed E-state index contributed by atoms with van der Waals surface area (Å²) in [6.07, 6.45) is 3.93. The molecule has 0 unspecified atom stereocenters. The second kappa shape index (κ2) is 12.2. The number of methoxy groups -OCH3 is 1. The van der Waals surface area contributed by atoms with Crippen LogP contribution in [0.4, 0.5) is 14.5 Å². The lowest BCUT2D eigenvalue weighted by Crippen LogP contribution is -2.20. The van der Waals surface area contributed by atoms with E-state index in [1.54, 1.807) is 6.07 Å². The Balaban J connectivity index is 0.000000909. The van der Waals surface area contributed by atoms with Crippen molar-refractivity contribution >= 4 is 17.5 Å². The maximum atomic E-state index is 15.9. The van der Waals surface area contributed by atoms with Gasteiger partial charge in [-0.05, 0) is 43.2 Å². The molecule has 0 bridgehead atoms. The molecule has 0 spiro atoms. The van der Waals surface area contributed by atoms with Gasteiger partial charge in [-0.25, -0.2) is 23.5 Å². The molecule has 0 saturated carbocycles. The van der Waals surface area contributed by atoms with E-state index in [0.29, 0.717) is 36.5 Å². The minimum atomic E-state index is -1.10. The number of H-pyrrole nitrogens is 1. The summed E-state index contributed by atoms with van der Waals surface area (Å²) in [6, 6.07) is 5.88. The second-order valence-corrected chi connectivity index (χ2v) is 8.72. The zero-order valence-corrected chi connectivity index (χ0v) is 21.9. The van der Waals surface area contributed by atoms with E-state index in [-0.39, 0.29) is 28.6 Å². The largest absolute Gasteiger partial charge is 0.493 e. The van der Waals surface area contributed by atoms with E-state index in [0.717, 1.165) is 17.7 Å². The molecule has 2 aromatic carbocycles. The number of carboxylic acids is 1. The average Bonchev–Trinajstić information content (AvgIpc) is 3.33. The van der Waals surface area contributed by atoms with Crippen molar-refractivity contribution in [1.82, 2.24) is 24.7 Å². The zero-order chi connectivity index (χ0) is 29.7. The molecule has 13 nitrogen and oxygen atoms in total. The third kappa shape index (κ3) is 6.29. The predicted molar refractivity (Wildman–Crippen MR) is 143 cm³/mol. The van der Waals surface area contributed by atoms with E-state index in [1.165, 1.54) is 37.7 Å². The first-order valence-corrected chi connectivity index (χ1v) is 12.2. The van der Waals surface area contributed by atoms with E-state index in [2.05, 4.69) is 25.4 Å². The molecular weight excluding hydrogens is 542 g/mol. The number of anilines is 1. The summed E-state index contributed by atoms with van der Waals surface area (Å²) < 4.78 is 42.6. The summed E-state index contributed by atoms with van der Waals surface area (Å²) >= 11 is 0. The van der Waals surface area contributed by atoms with Gasteiger partial charge in [0.1, 0.15) is 23.5 Å². The quantitative estimate of drug-likeness (QED) is 0.163. The van der Waals surface area contributed by atoms with E-state index in [1.807, 2.05) is 0 Å². The molecule has 5 rings (SSSR count).